The first-order valence-corrected chi connectivity index (χ1v) is 11.6. The van der Waals surface area contributed by atoms with Crippen LogP contribution in [0.5, 0.6) is 0 Å². The van der Waals surface area contributed by atoms with Crippen molar-refractivity contribution in [1.82, 2.24) is 29.2 Å². The summed E-state index contributed by atoms with van der Waals surface area (Å²) < 4.78 is 14.9. The van der Waals surface area contributed by atoms with Crippen molar-refractivity contribution in [3.05, 3.63) is 24.3 Å². The van der Waals surface area contributed by atoms with Gasteiger partial charge in [-0.05, 0) is 55.9 Å². The summed E-state index contributed by atoms with van der Waals surface area (Å²) in [5.74, 6) is 0. The van der Waals surface area contributed by atoms with E-state index in [0.29, 0.717) is 0 Å². The molecule has 0 amide bonds. The lowest BCUT2D eigenvalue weighted by molar-refractivity contribution is 0.169. The Morgan fingerprint density at radius 2 is 1.23 bits per heavy atom. The third-order valence-corrected chi connectivity index (χ3v) is 9.65. The molecule has 0 saturated carbocycles. The minimum absolute atomic E-state index is 0.898. The zero-order chi connectivity index (χ0) is 17.4. The molecule has 3 saturated heterocycles. The van der Waals surface area contributed by atoms with E-state index in [1.54, 1.807) is 4.85 Å². The van der Waals surface area contributed by atoms with Crippen molar-refractivity contribution in [2.24, 2.45) is 0 Å². The average Bonchev–Trinajstić information content (AvgIpc) is 3.49. The van der Waals surface area contributed by atoms with Crippen LogP contribution in [0, 0.1) is 0 Å². The average molecular weight is 375 g/mol. The Balaban J connectivity index is 1.59. The van der Waals surface area contributed by atoms with Gasteiger partial charge >= 0.3 is 0 Å². The minimum atomic E-state index is -2.07. The first-order valence-electron chi connectivity index (χ1n) is 10.0. The maximum absolute atomic E-state index is 6.94. The van der Waals surface area contributed by atoms with E-state index >= 15 is 0 Å². The van der Waals surface area contributed by atoms with E-state index < -0.39 is 7.94 Å². The SMILES string of the molecule is c1ccc2c(c1)nnn2O[P](N1CCCC1)(N1CCCC1)N1CCCC1. The fourth-order valence-corrected chi connectivity index (χ4v) is 8.71. The second-order valence-electron chi connectivity index (χ2n) is 7.53. The molecule has 3 aliphatic rings. The van der Waals surface area contributed by atoms with Crippen LogP contribution >= 0.6 is 7.94 Å². The molecule has 5 rings (SSSR count). The van der Waals surface area contributed by atoms with Crippen molar-refractivity contribution in [3.8, 4) is 0 Å². The Kier molecular flexibility index (Phi) is 4.57. The van der Waals surface area contributed by atoms with Gasteiger partial charge in [-0.15, -0.1) is 5.10 Å². The Hall–Kier alpha value is -1.27. The van der Waals surface area contributed by atoms with Gasteiger partial charge in [-0.25, -0.2) is 14.0 Å². The second kappa shape index (κ2) is 7.04. The Bertz CT molecular complexity index is 708. The summed E-state index contributed by atoms with van der Waals surface area (Å²) in [5.41, 5.74) is 1.87. The second-order valence-corrected chi connectivity index (χ2v) is 10.4. The van der Waals surface area contributed by atoms with Gasteiger partial charge in [0.05, 0.1) is 0 Å². The number of hydrogen-bond donors (Lipinski definition) is 0. The van der Waals surface area contributed by atoms with Crippen LogP contribution in [0.1, 0.15) is 38.5 Å². The van der Waals surface area contributed by atoms with Crippen LogP contribution in [0.3, 0.4) is 0 Å². The summed E-state index contributed by atoms with van der Waals surface area (Å²) in [4.78, 5) is 1.72. The Labute approximate surface area is 155 Å². The van der Waals surface area contributed by atoms with Gasteiger partial charge in [-0.2, -0.15) is 0 Å². The van der Waals surface area contributed by atoms with Crippen LogP contribution in [-0.4, -0.2) is 68.4 Å². The van der Waals surface area contributed by atoms with Gasteiger partial charge in [-0.1, -0.05) is 17.0 Å². The zero-order valence-electron chi connectivity index (χ0n) is 15.3. The molecule has 0 N–H and O–H groups in total. The molecule has 26 heavy (non-hydrogen) atoms. The predicted molar refractivity (Wildman–Crippen MR) is 103 cm³/mol. The highest BCUT2D eigenvalue weighted by molar-refractivity contribution is 7.64. The lowest BCUT2D eigenvalue weighted by atomic mass is 10.3. The lowest BCUT2D eigenvalue weighted by Crippen LogP contribution is -2.47. The number of benzene rings is 1. The molecule has 141 valence electrons. The topological polar surface area (TPSA) is 49.7 Å². The maximum atomic E-state index is 6.94. The molecular formula is C18H28N6OP. The van der Waals surface area contributed by atoms with E-state index in [0.717, 1.165) is 50.3 Å². The summed E-state index contributed by atoms with van der Waals surface area (Å²) >= 11 is 0. The first kappa shape index (κ1) is 16.9. The molecule has 1 aromatic carbocycles. The van der Waals surface area contributed by atoms with Crippen LogP contribution in [0.25, 0.3) is 11.0 Å². The van der Waals surface area contributed by atoms with E-state index in [4.69, 9.17) is 4.62 Å². The van der Waals surface area contributed by atoms with Gasteiger partial charge in [0.25, 0.3) is 7.94 Å². The van der Waals surface area contributed by atoms with Gasteiger partial charge in [0.1, 0.15) is 11.0 Å². The molecule has 8 heteroatoms. The molecule has 3 fully saturated rings. The van der Waals surface area contributed by atoms with Crippen LogP contribution in [0.2, 0.25) is 0 Å². The summed E-state index contributed by atoms with van der Waals surface area (Å²) in [7, 11) is -2.07. The molecule has 3 aliphatic heterocycles. The summed E-state index contributed by atoms with van der Waals surface area (Å²) in [5, 5.41) is 8.72. The van der Waals surface area contributed by atoms with Crippen molar-refractivity contribution >= 4 is 19.0 Å². The fraction of sp³-hybridized carbons (Fsp3) is 0.667. The number of rotatable bonds is 5. The molecule has 4 heterocycles. The van der Waals surface area contributed by atoms with Crippen molar-refractivity contribution in [3.63, 3.8) is 0 Å². The van der Waals surface area contributed by atoms with Crippen LogP contribution in [-0.2, 0) is 0 Å². The smallest absolute Gasteiger partial charge is 0.265 e. The van der Waals surface area contributed by atoms with Crippen LogP contribution in [0.15, 0.2) is 24.3 Å². The quantitative estimate of drug-likeness (QED) is 0.749. The highest BCUT2D eigenvalue weighted by atomic mass is 31.2. The summed E-state index contributed by atoms with van der Waals surface area (Å²) in [6.07, 6.45) is 7.61. The fourth-order valence-electron chi connectivity index (χ4n) is 4.59. The van der Waals surface area contributed by atoms with Crippen LogP contribution < -0.4 is 4.62 Å². The normalized spacial score (nSPS) is 23.4. The first-order chi connectivity index (χ1) is 12.9. The number of hydrogen-bond acceptors (Lipinski definition) is 6. The van der Waals surface area contributed by atoms with Crippen LogP contribution in [0.4, 0.5) is 0 Å². The number of aromatic nitrogens is 3. The Morgan fingerprint density at radius 3 is 1.77 bits per heavy atom. The maximum Gasteiger partial charge on any atom is 0.265 e. The van der Waals surface area contributed by atoms with Gasteiger partial charge in [-0.3, -0.25) is 0 Å². The highest BCUT2D eigenvalue weighted by Crippen LogP contribution is 2.68. The van der Waals surface area contributed by atoms with Gasteiger partial charge in [0.2, 0.25) is 0 Å². The molecule has 1 radical (unpaired) electrons. The third kappa shape index (κ3) is 2.73. The molecule has 0 spiro atoms. The molecule has 0 atom stereocenters. The van der Waals surface area contributed by atoms with E-state index in [-0.39, 0.29) is 0 Å². The highest BCUT2D eigenvalue weighted by Gasteiger charge is 2.52. The molecule has 7 nitrogen and oxygen atoms in total. The number of fused-ring (bicyclic) bond motifs is 1. The zero-order valence-corrected chi connectivity index (χ0v) is 16.2. The van der Waals surface area contributed by atoms with E-state index in [1.807, 2.05) is 18.2 Å². The van der Waals surface area contributed by atoms with Crippen molar-refractivity contribution in [2.45, 2.75) is 38.5 Å². The van der Waals surface area contributed by atoms with Gasteiger partial charge in [0.15, 0.2) is 0 Å². The van der Waals surface area contributed by atoms with E-state index in [2.05, 4.69) is 30.4 Å². The van der Waals surface area contributed by atoms with Crippen molar-refractivity contribution < 1.29 is 4.62 Å². The molecule has 2 aromatic rings. The Morgan fingerprint density at radius 1 is 0.731 bits per heavy atom. The lowest BCUT2D eigenvalue weighted by Gasteiger charge is -2.51. The molecule has 1 aromatic heterocycles. The minimum Gasteiger partial charge on any atom is -0.335 e. The van der Waals surface area contributed by atoms with E-state index in [1.165, 1.54) is 38.5 Å². The van der Waals surface area contributed by atoms with Crippen molar-refractivity contribution in [2.75, 3.05) is 39.3 Å². The number of para-hydroxylation sites is 1. The summed E-state index contributed by atoms with van der Waals surface area (Å²) in [6, 6.07) is 8.10. The van der Waals surface area contributed by atoms with E-state index in [9.17, 15) is 0 Å². The van der Waals surface area contributed by atoms with Gasteiger partial charge in [0, 0.05) is 39.3 Å². The van der Waals surface area contributed by atoms with Crippen molar-refractivity contribution in [1.29, 1.82) is 0 Å². The number of nitrogens with zero attached hydrogens (tertiary/aromatic N) is 6. The standard InChI is InChI=1S/C18H28N6OP/c1-2-10-18-17(9-1)19-20-24(18)25-26(21-11-3-4-12-21,22-13-5-6-14-22)23-15-7-8-16-23/h1-2,9-10H,3-8,11-16H2. The molecule has 0 aliphatic carbocycles. The van der Waals surface area contributed by atoms with Gasteiger partial charge < -0.3 is 4.62 Å². The molecule has 0 unspecified atom stereocenters. The monoisotopic (exact) mass is 375 g/mol. The third-order valence-electron chi connectivity index (χ3n) is 5.86. The predicted octanol–water partition coefficient (Wildman–Crippen LogP) is 2.82. The molecular weight excluding hydrogens is 347 g/mol. The molecule has 0 bridgehead atoms. The largest absolute Gasteiger partial charge is 0.335 e. The summed E-state index contributed by atoms with van der Waals surface area (Å²) in [6.45, 7) is 6.79.